The number of alkyl halides is 4. The van der Waals surface area contributed by atoms with Crippen molar-refractivity contribution >= 4 is 5.91 Å². The van der Waals surface area contributed by atoms with Gasteiger partial charge in [-0.15, -0.1) is 0 Å². The van der Waals surface area contributed by atoms with Crippen LogP contribution in [0.25, 0.3) is 0 Å². The highest BCUT2D eigenvalue weighted by molar-refractivity contribution is 5.94. The van der Waals surface area contributed by atoms with Crippen molar-refractivity contribution in [2.75, 3.05) is 13.1 Å². The normalized spacial score (nSPS) is 15.8. The Labute approximate surface area is 136 Å². The van der Waals surface area contributed by atoms with E-state index in [2.05, 4.69) is 0 Å². The molecule has 0 N–H and O–H groups in total. The van der Waals surface area contributed by atoms with Crippen LogP contribution in [0.4, 0.5) is 17.6 Å². The maximum Gasteiger partial charge on any atom is 0.416 e. The first kappa shape index (κ1) is 16.5. The molecule has 1 heterocycles. The number of carbonyl (C=O) groups excluding carboxylic acids is 1. The third kappa shape index (κ3) is 3.27. The molecule has 0 spiro atoms. The van der Waals surface area contributed by atoms with Gasteiger partial charge in [-0.05, 0) is 41.8 Å². The molecule has 0 saturated carbocycles. The van der Waals surface area contributed by atoms with Crippen LogP contribution in [0.5, 0.6) is 0 Å². The van der Waals surface area contributed by atoms with Gasteiger partial charge in [0.1, 0.15) is 0 Å². The molecule has 3 rings (SSSR count). The van der Waals surface area contributed by atoms with Gasteiger partial charge in [0.2, 0.25) is 0 Å². The Morgan fingerprint density at radius 3 is 1.83 bits per heavy atom. The van der Waals surface area contributed by atoms with Crippen LogP contribution in [0.1, 0.15) is 39.6 Å². The average Bonchev–Trinajstić information content (AvgIpc) is 2.52. The molecule has 2 nitrogen and oxygen atoms in total. The SMILES string of the molecule is O=C(c1ccc(C(F)c2ccc(C(F)(F)F)cc2)cc1)N1CCC1. The topological polar surface area (TPSA) is 20.3 Å². The number of rotatable bonds is 3. The van der Waals surface area contributed by atoms with Crippen LogP contribution in [-0.4, -0.2) is 23.9 Å². The van der Waals surface area contributed by atoms with Gasteiger partial charge in [-0.25, -0.2) is 4.39 Å². The van der Waals surface area contributed by atoms with Crippen LogP contribution < -0.4 is 0 Å². The van der Waals surface area contributed by atoms with Crippen LogP contribution in [0.15, 0.2) is 48.5 Å². The summed E-state index contributed by atoms with van der Waals surface area (Å²) in [6.45, 7) is 1.47. The van der Waals surface area contributed by atoms with Crippen molar-refractivity contribution < 1.29 is 22.4 Å². The molecule has 1 atom stereocenters. The molecule has 24 heavy (non-hydrogen) atoms. The first-order chi connectivity index (χ1) is 11.4. The van der Waals surface area contributed by atoms with Crippen LogP contribution >= 0.6 is 0 Å². The molecule has 1 amide bonds. The Hall–Kier alpha value is -2.37. The van der Waals surface area contributed by atoms with E-state index in [0.717, 1.165) is 43.8 Å². The van der Waals surface area contributed by atoms with Crippen molar-refractivity contribution in [2.45, 2.75) is 18.8 Å². The van der Waals surface area contributed by atoms with E-state index in [9.17, 15) is 22.4 Å². The van der Waals surface area contributed by atoms with Crippen molar-refractivity contribution in [3.8, 4) is 0 Å². The molecule has 0 bridgehead atoms. The van der Waals surface area contributed by atoms with Gasteiger partial charge in [-0.1, -0.05) is 24.3 Å². The molecule has 1 saturated heterocycles. The third-order valence-corrected chi connectivity index (χ3v) is 4.12. The standard InChI is InChI=1S/C18H15F4NO/c19-16(13-6-8-15(9-7-13)18(20,21)22)12-2-4-14(5-3-12)17(24)23-10-1-11-23/h2-9,16H,1,10-11H2. The fourth-order valence-corrected chi connectivity index (χ4v) is 2.53. The van der Waals surface area contributed by atoms with Crippen molar-refractivity contribution in [1.82, 2.24) is 4.90 Å². The summed E-state index contributed by atoms with van der Waals surface area (Å²) >= 11 is 0. The van der Waals surface area contributed by atoms with E-state index in [-0.39, 0.29) is 11.5 Å². The predicted molar refractivity (Wildman–Crippen MR) is 81.4 cm³/mol. The van der Waals surface area contributed by atoms with Gasteiger partial charge < -0.3 is 4.90 Å². The Balaban J connectivity index is 1.75. The number of likely N-dealkylation sites (tertiary alicyclic amines) is 1. The van der Waals surface area contributed by atoms with E-state index in [1.807, 2.05) is 0 Å². The summed E-state index contributed by atoms with van der Waals surface area (Å²) in [5.74, 6) is -0.0854. The number of halogens is 4. The molecular formula is C18H15F4NO. The summed E-state index contributed by atoms with van der Waals surface area (Å²) in [6, 6.07) is 10.1. The van der Waals surface area contributed by atoms with Gasteiger partial charge in [-0.2, -0.15) is 13.2 Å². The van der Waals surface area contributed by atoms with E-state index in [4.69, 9.17) is 0 Å². The summed E-state index contributed by atoms with van der Waals surface area (Å²) in [7, 11) is 0. The first-order valence-electron chi connectivity index (χ1n) is 7.57. The Bertz CT molecular complexity index is 718. The second-order valence-corrected chi connectivity index (χ2v) is 5.75. The number of carbonyl (C=O) groups is 1. The highest BCUT2D eigenvalue weighted by atomic mass is 19.4. The monoisotopic (exact) mass is 337 g/mol. The number of hydrogen-bond acceptors (Lipinski definition) is 1. The molecule has 6 heteroatoms. The predicted octanol–water partition coefficient (Wildman–Crippen LogP) is 4.61. The molecule has 2 aromatic rings. The van der Waals surface area contributed by atoms with Crippen molar-refractivity contribution in [3.05, 3.63) is 70.8 Å². The Morgan fingerprint density at radius 1 is 0.917 bits per heavy atom. The molecular weight excluding hydrogens is 322 g/mol. The van der Waals surface area contributed by atoms with Crippen LogP contribution in [0, 0.1) is 0 Å². The summed E-state index contributed by atoms with van der Waals surface area (Å²) in [4.78, 5) is 13.7. The van der Waals surface area contributed by atoms with Gasteiger partial charge in [0.15, 0.2) is 6.17 Å². The minimum atomic E-state index is -4.44. The number of amides is 1. The van der Waals surface area contributed by atoms with Crippen molar-refractivity contribution in [1.29, 1.82) is 0 Å². The quantitative estimate of drug-likeness (QED) is 0.749. The van der Waals surface area contributed by atoms with Gasteiger partial charge in [0.05, 0.1) is 5.56 Å². The minimum absolute atomic E-state index is 0.0854. The van der Waals surface area contributed by atoms with Crippen molar-refractivity contribution in [2.24, 2.45) is 0 Å². The zero-order valence-electron chi connectivity index (χ0n) is 12.7. The van der Waals surface area contributed by atoms with E-state index < -0.39 is 17.9 Å². The lowest BCUT2D eigenvalue weighted by molar-refractivity contribution is -0.137. The van der Waals surface area contributed by atoms with Gasteiger partial charge in [0.25, 0.3) is 5.91 Å². The lowest BCUT2D eigenvalue weighted by Gasteiger charge is -2.30. The van der Waals surface area contributed by atoms with Gasteiger partial charge >= 0.3 is 6.18 Å². The largest absolute Gasteiger partial charge is 0.416 e. The van der Waals surface area contributed by atoms with Crippen LogP contribution in [0.3, 0.4) is 0 Å². The van der Waals surface area contributed by atoms with Crippen molar-refractivity contribution in [3.63, 3.8) is 0 Å². The van der Waals surface area contributed by atoms with Crippen LogP contribution in [0.2, 0.25) is 0 Å². The second kappa shape index (κ2) is 6.26. The fraction of sp³-hybridized carbons (Fsp3) is 0.278. The molecule has 0 aliphatic carbocycles. The zero-order chi connectivity index (χ0) is 17.3. The summed E-state index contributed by atoms with van der Waals surface area (Å²) in [5, 5.41) is 0. The lowest BCUT2D eigenvalue weighted by atomic mass is 10.00. The Kier molecular flexibility index (Phi) is 4.30. The molecule has 1 aliphatic rings. The molecule has 1 fully saturated rings. The maximum absolute atomic E-state index is 14.5. The smallest absolute Gasteiger partial charge is 0.339 e. The molecule has 2 aromatic carbocycles. The fourth-order valence-electron chi connectivity index (χ4n) is 2.53. The molecule has 0 radical (unpaired) electrons. The van der Waals surface area contributed by atoms with Crippen LogP contribution in [-0.2, 0) is 6.18 Å². The first-order valence-corrected chi connectivity index (χ1v) is 7.57. The number of hydrogen-bond donors (Lipinski definition) is 0. The average molecular weight is 337 g/mol. The summed E-state index contributed by atoms with van der Waals surface area (Å²) < 4.78 is 52.1. The summed E-state index contributed by atoms with van der Waals surface area (Å²) in [5.41, 5.74) is 0.117. The van der Waals surface area contributed by atoms with E-state index >= 15 is 0 Å². The molecule has 0 aromatic heterocycles. The highest BCUT2D eigenvalue weighted by Gasteiger charge is 2.30. The lowest BCUT2D eigenvalue weighted by Crippen LogP contribution is -2.41. The minimum Gasteiger partial charge on any atom is -0.339 e. The molecule has 1 aliphatic heterocycles. The zero-order valence-corrected chi connectivity index (χ0v) is 12.7. The van der Waals surface area contributed by atoms with Gasteiger partial charge in [0, 0.05) is 18.7 Å². The van der Waals surface area contributed by atoms with Gasteiger partial charge in [-0.3, -0.25) is 4.79 Å². The number of benzene rings is 2. The second-order valence-electron chi connectivity index (χ2n) is 5.75. The number of nitrogens with zero attached hydrogens (tertiary/aromatic N) is 1. The highest BCUT2D eigenvalue weighted by Crippen LogP contribution is 2.32. The third-order valence-electron chi connectivity index (χ3n) is 4.12. The molecule has 126 valence electrons. The van der Waals surface area contributed by atoms with E-state index in [0.29, 0.717) is 11.1 Å². The summed E-state index contributed by atoms with van der Waals surface area (Å²) in [6.07, 6.45) is -4.99. The molecule has 1 unspecified atom stereocenters. The van der Waals surface area contributed by atoms with E-state index in [1.54, 1.807) is 17.0 Å². The maximum atomic E-state index is 14.5. The Morgan fingerprint density at radius 2 is 1.42 bits per heavy atom. The van der Waals surface area contributed by atoms with E-state index in [1.165, 1.54) is 12.1 Å².